The van der Waals surface area contributed by atoms with Gasteiger partial charge in [0.2, 0.25) is 5.91 Å². The van der Waals surface area contributed by atoms with Crippen LogP contribution in [0.1, 0.15) is 58.8 Å². The molecule has 2 N–H and O–H groups in total. The lowest BCUT2D eigenvalue weighted by Gasteiger charge is -2.18. The minimum absolute atomic E-state index is 0.00233. The summed E-state index contributed by atoms with van der Waals surface area (Å²) in [4.78, 5) is 26.0. The molecule has 1 aliphatic carbocycles. The quantitative estimate of drug-likeness (QED) is 0.733. The molecule has 0 spiro atoms. The zero-order valence-corrected chi connectivity index (χ0v) is 18.1. The normalized spacial score (nSPS) is 19.1. The van der Waals surface area contributed by atoms with Crippen LogP contribution in [0.5, 0.6) is 0 Å². The van der Waals surface area contributed by atoms with Gasteiger partial charge in [0.25, 0.3) is 5.91 Å². The molecule has 0 saturated heterocycles. The largest absolute Gasteiger partial charge is 0.349 e. The Morgan fingerprint density at radius 3 is 2.19 bits per heavy atom. The molecule has 1 aliphatic rings. The van der Waals surface area contributed by atoms with Crippen LogP contribution in [-0.4, -0.2) is 17.9 Å². The average Bonchev–Trinajstić information content (AvgIpc) is 2.84. The molecular formula is C22H30N2O2S. The average molecular weight is 387 g/mol. The summed E-state index contributed by atoms with van der Waals surface area (Å²) in [5.74, 6) is 0.159. The van der Waals surface area contributed by atoms with Crippen molar-refractivity contribution in [1.29, 1.82) is 0 Å². The molecule has 5 heteroatoms. The van der Waals surface area contributed by atoms with Crippen LogP contribution in [0.4, 0.5) is 5.00 Å². The third-order valence-corrected chi connectivity index (χ3v) is 7.79. The number of rotatable bonds is 5. The number of hydrogen-bond acceptors (Lipinski definition) is 3. The number of carbonyl (C=O) groups is 2. The van der Waals surface area contributed by atoms with Crippen molar-refractivity contribution in [1.82, 2.24) is 5.32 Å². The van der Waals surface area contributed by atoms with E-state index in [4.69, 9.17) is 0 Å². The van der Waals surface area contributed by atoms with Crippen molar-refractivity contribution >= 4 is 38.2 Å². The molecule has 0 radical (unpaired) electrons. The lowest BCUT2D eigenvalue weighted by Crippen LogP contribution is -2.36. The maximum absolute atomic E-state index is 13.0. The van der Waals surface area contributed by atoms with E-state index in [0.717, 1.165) is 10.1 Å². The zero-order valence-electron chi connectivity index (χ0n) is 17.3. The van der Waals surface area contributed by atoms with Gasteiger partial charge in [-0.25, -0.2) is 0 Å². The molecule has 1 saturated carbocycles. The summed E-state index contributed by atoms with van der Waals surface area (Å²) < 4.78 is 1.00. The number of carbonyl (C=O) groups excluding carboxylic acids is 2. The summed E-state index contributed by atoms with van der Waals surface area (Å²) in [7, 11) is 0. The summed E-state index contributed by atoms with van der Waals surface area (Å²) in [5.41, 5.74) is 0.498. The Morgan fingerprint density at radius 1 is 1.04 bits per heavy atom. The molecule has 27 heavy (non-hydrogen) atoms. The number of hydrogen-bond donors (Lipinski definition) is 2. The van der Waals surface area contributed by atoms with E-state index < -0.39 is 0 Å². The molecule has 0 aliphatic heterocycles. The van der Waals surface area contributed by atoms with Crippen LogP contribution in [-0.2, 0) is 4.79 Å². The highest BCUT2D eigenvalue weighted by Gasteiger charge is 2.68. The molecule has 4 nitrogen and oxygen atoms in total. The fourth-order valence-corrected chi connectivity index (χ4v) is 4.94. The van der Waals surface area contributed by atoms with Crippen LogP contribution >= 0.6 is 11.3 Å². The zero-order chi connectivity index (χ0) is 20.1. The fourth-order valence-electron chi connectivity index (χ4n) is 3.84. The minimum atomic E-state index is -0.127. The van der Waals surface area contributed by atoms with Gasteiger partial charge in [-0.3, -0.25) is 9.59 Å². The Kier molecular flexibility index (Phi) is 4.87. The van der Waals surface area contributed by atoms with Gasteiger partial charge >= 0.3 is 0 Å². The second kappa shape index (κ2) is 6.62. The molecule has 146 valence electrons. The van der Waals surface area contributed by atoms with Crippen LogP contribution in [0.3, 0.4) is 0 Å². The topological polar surface area (TPSA) is 58.2 Å². The lowest BCUT2D eigenvalue weighted by atomic mass is 10.0. The van der Waals surface area contributed by atoms with E-state index in [1.54, 1.807) is 0 Å². The van der Waals surface area contributed by atoms with Crippen LogP contribution in [0.15, 0.2) is 24.3 Å². The fraction of sp³-hybridized carbons (Fsp3) is 0.545. The smallest absolute Gasteiger partial charge is 0.255 e. The van der Waals surface area contributed by atoms with Crippen molar-refractivity contribution in [2.24, 2.45) is 22.7 Å². The first-order chi connectivity index (χ1) is 12.5. The number of thiophene rings is 1. The predicted octanol–water partition coefficient (Wildman–Crippen LogP) is 5.30. The van der Waals surface area contributed by atoms with Crippen molar-refractivity contribution in [2.45, 2.75) is 54.5 Å². The number of anilines is 1. The van der Waals surface area contributed by atoms with Crippen LogP contribution < -0.4 is 10.6 Å². The first kappa shape index (κ1) is 19.9. The van der Waals surface area contributed by atoms with E-state index in [1.165, 1.54) is 11.3 Å². The van der Waals surface area contributed by atoms with Gasteiger partial charge in [0.1, 0.15) is 5.00 Å². The maximum atomic E-state index is 13.0. The second-order valence-corrected chi connectivity index (χ2v) is 10.2. The summed E-state index contributed by atoms with van der Waals surface area (Å²) in [6, 6.07) is 7.87. The van der Waals surface area contributed by atoms with E-state index in [9.17, 15) is 9.59 Å². The highest BCUT2D eigenvalue weighted by molar-refractivity contribution is 7.23. The Hall–Kier alpha value is -1.88. The number of fused-ring (bicyclic) bond motifs is 1. The minimum Gasteiger partial charge on any atom is -0.349 e. The van der Waals surface area contributed by atoms with E-state index in [2.05, 4.69) is 52.2 Å². The van der Waals surface area contributed by atoms with E-state index in [1.807, 2.05) is 31.2 Å². The Labute approximate surface area is 165 Å². The lowest BCUT2D eigenvalue weighted by molar-refractivity contribution is -0.118. The van der Waals surface area contributed by atoms with Gasteiger partial charge in [-0.1, -0.05) is 59.7 Å². The summed E-state index contributed by atoms with van der Waals surface area (Å²) in [6.45, 7) is 14.7. The van der Waals surface area contributed by atoms with Crippen LogP contribution in [0.25, 0.3) is 10.1 Å². The highest BCUT2D eigenvalue weighted by Crippen LogP contribution is 2.68. The molecule has 1 aromatic carbocycles. The first-order valence-corrected chi connectivity index (χ1v) is 10.4. The molecular weight excluding hydrogens is 356 g/mol. The van der Waals surface area contributed by atoms with Crippen molar-refractivity contribution in [2.75, 3.05) is 5.32 Å². The van der Waals surface area contributed by atoms with Gasteiger partial charge in [-0.2, -0.15) is 0 Å². The van der Waals surface area contributed by atoms with Crippen molar-refractivity contribution < 1.29 is 9.59 Å². The molecule has 1 atom stereocenters. The van der Waals surface area contributed by atoms with Gasteiger partial charge in [0, 0.05) is 22.0 Å². The standard InChI is InChI=1S/C22H30N2O2S/c1-12(2)13(3)23-18(25)16-14-10-8-9-11-15(14)27-20(16)24-19(26)17-21(4,5)22(17,6)7/h8-13,17H,1-7H3,(H,23,25)(H,24,26). The molecule has 2 amide bonds. The van der Waals surface area contributed by atoms with E-state index in [0.29, 0.717) is 16.5 Å². The molecule has 1 heterocycles. The maximum Gasteiger partial charge on any atom is 0.255 e. The molecule has 0 bridgehead atoms. The van der Waals surface area contributed by atoms with Crippen LogP contribution in [0, 0.1) is 22.7 Å². The Balaban J connectivity index is 1.94. The molecule has 1 aromatic heterocycles. The second-order valence-electron chi connectivity index (χ2n) is 9.17. The van der Waals surface area contributed by atoms with Gasteiger partial charge in [-0.15, -0.1) is 11.3 Å². The SMILES string of the molecule is CC(C)C(C)NC(=O)c1c(NC(=O)C2C(C)(C)C2(C)C)sc2ccccc12. The third-order valence-electron chi connectivity index (χ3n) is 6.70. The van der Waals surface area contributed by atoms with E-state index in [-0.39, 0.29) is 34.6 Å². The van der Waals surface area contributed by atoms with Gasteiger partial charge in [-0.05, 0) is 29.7 Å². The molecule has 1 fully saturated rings. The third kappa shape index (κ3) is 3.27. The molecule has 2 aromatic rings. The van der Waals surface area contributed by atoms with Crippen molar-refractivity contribution in [3.63, 3.8) is 0 Å². The summed E-state index contributed by atoms with van der Waals surface area (Å²) in [6.07, 6.45) is 0. The predicted molar refractivity (Wildman–Crippen MR) is 113 cm³/mol. The number of amides is 2. The van der Waals surface area contributed by atoms with E-state index >= 15 is 0 Å². The monoisotopic (exact) mass is 386 g/mol. The number of benzene rings is 1. The molecule has 1 unspecified atom stereocenters. The van der Waals surface area contributed by atoms with Crippen LogP contribution in [0.2, 0.25) is 0 Å². The highest BCUT2D eigenvalue weighted by atomic mass is 32.1. The Morgan fingerprint density at radius 2 is 1.63 bits per heavy atom. The van der Waals surface area contributed by atoms with Crippen molar-refractivity contribution in [3.05, 3.63) is 29.8 Å². The summed E-state index contributed by atoms with van der Waals surface area (Å²) >= 11 is 1.47. The number of nitrogens with one attached hydrogen (secondary N) is 2. The van der Waals surface area contributed by atoms with Crippen molar-refractivity contribution in [3.8, 4) is 0 Å². The Bertz CT molecular complexity index is 881. The van der Waals surface area contributed by atoms with Gasteiger partial charge in [0.05, 0.1) is 5.56 Å². The first-order valence-electron chi connectivity index (χ1n) is 9.61. The molecule has 3 rings (SSSR count). The van der Waals surface area contributed by atoms with Gasteiger partial charge < -0.3 is 10.6 Å². The summed E-state index contributed by atoms with van der Waals surface area (Å²) in [5, 5.41) is 7.69. The van der Waals surface area contributed by atoms with Gasteiger partial charge in [0.15, 0.2) is 0 Å².